The third-order valence-corrected chi connectivity index (χ3v) is 3.76. The Morgan fingerprint density at radius 3 is 3.00 bits per heavy atom. The second kappa shape index (κ2) is 7.40. The predicted octanol–water partition coefficient (Wildman–Crippen LogP) is 0.860. The highest BCUT2D eigenvalue weighted by molar-refractivity contribution is 6.00. The Morgan fingerprint density at radius 2 is 2.32 bits per heavy atom. The number of aromatic nitrogens is 2. The number of carbonyl (C=O) groups excluding carboxylic acids is 2. The van der Waals surface area contributed by atoms with E-state index in [4.69, 9.17) is 4.74 Å². The average Bonchev–Trinajstić information content (AvgIpc) is 2.87. The van der Waals surface area contributed by atoms with Gasteiger partial charge in [0.15, 0.2) is 0 Å². The van der Waals surface area contributed by atoms with Crippen molar-refractivity contribution in [2.75, 3.05) is 25.2 Å². The molecule has 0 aromatic carbocycles. The maximum atomic E-state index is 12.4. The van der Waals surface area contributed by atoms with Crippen molar-refractivity contribution in [1.29, 1.82) is 0 Å². The van der Waals surface area contributed by atoms with E-state index in [1.807, 2.05) is 19.9 Å². The van der Waals surface area contributed by atoms with E-state index < -0.39 is 6.04 Å². The van der Waals surface area contributed by atoms with E-state index in [0.29, 0.717) is 38.4 Å². The maximum absolute atomic E-state index is 12.4. The van der Waals surface area contributed by atoms with Crippen molar-refractivity contribution < 1.29 is 14.3 Å². The highest BCUT2D eigenvalue weighted by atomic mass is 16.5. The first kappa shape index (κ1) is 16.5. The highest BCUT2D eigenvalue weighted by Crippen LogP contribution is 2.25. The number of nitrogens with one attached hydrogen (secondary N) is 1. The second-order valence-electron chi connectivity index (χ2n) is 5.44. The molecule has 0 fully saturated rings. The van der Waals surface area contributed by atoms with Gasteiger partial charge in [0.1, 0.15) is 11.9 Å². The Kier molecular flexibility index (Phi) is 5.54. The van der Waals surface area contributed by atoms with Crippen molar-refractivity contribution in [2.24, 2.45) is 0 Å². The number of fused-ring (bicyclic) bond motifs is 1. The summed E-state index contributed by atoms with van der Waals surface area (Å²) in [5.74, 6) is 0.568. The SMILES string of the molecule is CCC(C(=O)NCCCOC)N1C(=O)CCn2nc(C)cc21. The summed E-state index contributed by atoms with van der Waals surface area (Å²) in [6.45, 7) is 5.52. The first-order chi connectivity index (χ1) is 10.6. The maximum Gasteiger partial charge on any atom is 0.243 e. The molecule has 0 saturated heterocycles. The highest BCUT2D eigenvalue weighted by Gasteiger charge is 2.34. The Bertz CT molecular complexity index is 541. The normalized spacial score (nSPS) is 15.6. The smallest absolute Gasteiger partial charge is 0.243 e. The summed E-state index contributed by atoms with van der Waals surface area (Å²) in [7, 11) is 1.63. The van der Waals surface area contributed by atoms with Crippen LogP contribution in [-0.4, -0.2) is 47.9 Å². The molecular formula is C15H24N4O3. The Labute approximate surface area is 130 Å². The minimum absolute atomic E-state index is 0.0220. The summed E-state index contributed by atoms with van der Waals surface area (Å²) in [6.07, 6.45) is 1.69. The van der Waals surface area contributed by atoms with Crippen LogP contribution < -0.4 is 10.2 Å². The van der Waals surface area contributed by atoms with Crippen molar-refractivity contribution in [3.8, 4) is 0 Å². The van der Waals surface area contributed by atoms with Crippen molar-refractivity contribution >= 4 is 17.6 Å². The molecule has 122 valence electrons. The molecule has 2 heterocycles. The Morgan fingerprint density at radius 1 is 1.55 bits per heavy atom. The van der Waals surface area contributed by atoms with E-state index in [1.165, 1.54) is 0 Å². The number of hydrogen-bond donors (Lipinski definition) is 1. The lowest BCUT2D eigenvalue weighted by atomic mass is 10.1. The van der Waals surface area contributed by atoms with Crippen LogP contribution in [0.25, 0.3) is 0 Å². The summed E-state index contributed by atoms with van der Waals surface area (Å²) < 4.78 is 6.77. The molecule has 1 unspecified atom stereocenters. The van der Waals surface area contributed by atoms with E-state index in [2.05, 4.69) is 10.4 Å². The fraction of sp³-hybridized carbons (Fsp3) is 0.667. The summed E-state index contributed by atoms with van der Waals surface area (Å²) in [6, 6.07) is 1.36. The van der Waals surface area contributed by atoms with Crippen molar-refractivity contribution in [3.05, 3.63) is 11.8 Å². The summed E-state index contributed by atoms with van der Waals surface area (Å²) >= 11 is 0. The number of carbonyl (C=O) groups is 2. The first-order valence-corrected chi connectivity index (χ1v) is 7.71. The van der Waals surface area contributed by atoms with Gasteiger partial charge in [0.05, 0.1) is 12.2 Å². The van der Waals surface area contributed by atoms with Crippen LogP contribution in [0.15, 0.2) is 6.07 Å². The molecule has 2 amide bonds. The largest absolute Gasteiger partial charge is 0.385 e. The van der Waals surface area contributed by atoms with Gasteiger partial charge in [-0.15, -0.1) is 0 Å². The zero-order valence-corrected chi connectivity index (χ0v) is 13.5. The molecule has 1 aliphatic heterocycles. The lowest BCUT2D eigenvalue weighted by Gasteiger charge is -2.33. The molecule has 1 aliphatic rings. The van der Waals surface area contributed by atoms with Crippen molar-refractivity contribution in [2.45, 2.75) is 45.7 Å². The lowest BCUT2D eigenvalue weighted by Crippen LogP contribution is -2.52. The molecular weight excluding hydrogens is 284 g/mol. The van der Waals surface area contributed by atoms with Gasteiger partial charge in [-0.05, 0) is 19.8 Å². The van der Waals surface area contributed by atoms with Crippen LogP contribution in [-0.2, 0) is 20.9 Å². The van der Waals surface area contributed by atoms with Gasteiger partial charge >= 0.3 is 0 Å². The molecule has 0 bridgehead atoms. The van der Waals surface area contributed by atoms with Gasteiger partial charge in [-0.3, -0.25) is 14.5 Å². The van der Waals surface area contributed by atoms with Gasteiger partial charge in [-0.25, -0.2) is 4.68 Å². The van der Waals surface area contributed by atoms with Crippen LogP contribution in [0.1, 0.15) is 31.9 Å². The van der Waals surface area contributed by atoms with E-state index in [9.17, 15) is 9.59 Å². The minimum atomic E-state index is -0.495. The van der Waals surface area contributed by atoms with Crippen LogP contribution in [0, 0.1) is 6.92 Å². The molecule has 0 aliphatic carbocycles. The molecule has 7 heteroatoms. The molecule has 1 N–H and O–H groups in total. The van der Waals surface area contributed by atoms with E-state index >= 15 is 0 Å². The number of aryl methyl sites for hydroxylation is 2. The zero-order chi connectivity index (χ0) is 16.1. The lowest BCUT2D eigenvalue weighted by molar-refractivity contribution is -0.127. The number of hydrogen-bond acceptors (Lipinski definition) is 4. The molecule has 1 aromatic rings. The van der Waals surface area contributed by atoms with E-state index in [-0.39, 0.29) is 11.8 Å². The van der Waals surface area contributed by atoms with Crippen LogP contribution in [0.3, 0.4) is 0 Å². The molecule has 0 radical (unpaired) electrons. The van der Waals surface area contributed by atoms with Gasteiger partial charge < -0.3 is 10.1 Å². The van der Waals surface area contributed by atoms with Crippen LogP contribution in [0.5, 0.6) is 0 Å². The third kappa shape index (κ3) is 3.47. The predicted molar refractivity (Wildman–Crippen MR) is 82.6 cm³/mol. The molecule has 0 spiro atoms. The van der Waals surface area contributed by atoms with Gasteiger partial charge in [-0.2, -0.15) is 5.10 Å². The number of methoxy groups -OCH3 is 1. The van der Waals surface area contributed by atoms with E-state index in [1.54, 1.807) is 16.7 Å². The Balaban J connectivity index is 2.12. The molecule has 22 heavy (non-hydrogen) atoms. The number of ether oxygens (including phenoxy) is 1. The van der Waals surface area contributed by atoms with Crippen LogP contribution in [0.4, 0.5) is 5.82 Å². The molecule has 2 rings (SSSR count). The average molecular weight is 308 g/mol. The van der Waals surface area contributed by atoms with Crippen molar-refractivity contribution in [1.82, 2.24) is 15.1 Å². The number of anilines is 1. The van der Waals surface area contributed by atoms with E-state index in [0.717, 1.165) is 12.1 Å². The standard InChI is InChI=1S/C15H24N4O3/c1-4-12(15(21)16-7-5-9-22-3)19-13-10-11(2)17-18(13)8-6-14(19)20/h10,12H,4-9H2,1-3H3,(H,16,21). The topological polar surface area (TPSA) is 76.5 Å². The second-order valence-corrected chi connectivity index (χ2v) is 5.44. The minimum Gasteiger partial charge on any atom is -0.385 e. The molecule has 1 aromatic heterocycles. The summed E-state index contributed by atoms with van der Waals surface area (Å²) in [5.41, 5.74) is 0.852. The fourth-order valence-corrected chi connectivity index (χ4v) is 2.70. The van der Waals surface area contributed by atoms with Crippen LogP contribution in [0.2, 0.25) is 0 Å². The third-order valence-electron chi connectivity index (χ3n) is 3.76. The van der Waals surface area contributed by atoms with Gasteiger partial charge in [0.25, 0.3) is 0 Å². The number of nitrogens with zero attached hydrogens (tertiary/aromatic N) is 3. The quantitative estimate of drug-likeness (QED) is 0.758. The van der Waals surface area contributed by atoms with Crippen LogP contribution >= 0.6 is 0 Å². The Hall–Kier alpha value is -1.89. The van der Waals surface area contributed by atoms with Gasteiger partial charge in [0, 0.05) is 32.7 Å². The molecule has 1 atom stereocenters. The summed E-state index contributed by atoms with van der Waals surface area (Å²) in [4.78, 5) is 26.3. The van der Waals surface area contributed by atoms with Gasteiger partial charge in [0.2, 0.25) is 11.8 Å². The molecule has 7 nitrogen and oxygen atoms in total. The monoisotopic (exact) mass is 308 g/mol. The number of amides is 2. The molecule has 0 saturated carbocycles. The van der Waals surface area contributed by atoms with Crippen molar-refractivity contribution in [3.63, 3.8) is 0 Å². The zero-order valence-electron chi connectivity index (χ0n) is 13.5. The summed E-state index contributed by atoms with van der Waals surface area (Å²) in [5, 5.41) is 7.25. The fourth-order valence-electron chi connectivity index (χ4n) is 2.70. The van der Waals surface area contributed by atoms with Gasteiger partial charge in [-0.1, -0.05) is 6.92 Å². The number of rotatable bonds is 7. The first-order valence-electron chi connectivity index (χ1n) is 7.71.